The lowest BCUT2D eigenvalue weighted by molar-refractivity contribution is 0.193. The summed E-state index contributed by atoms with van der Waals surface area (Å²) >= 11 is 5.82. The molecule has 0 atom stereocenters. The number of aryl methyl sites for hydroxylation is 2. The average Bonchev–Trinajstić information content (AvgIpc) is 2.65. The van der Waals surface area contributed by atoms with E-state index in [2.05, 4.69) is 10.0 Å². The third kappa shape index (κ3) is 5.04. The van der Waals surface area contributed by atoms with Crippen LogP contribution in [0.1, 0.15) is 24.0 Å². The van der Waals surface area contributed by atoms with Gasteiger partial charge in [-0.15, -0.1) is 0 Å². The van der Waals surface area contributed by atoms with E-state index in [1.54, 1.807) is 17.0 Å². The molecule has 1 aliphatic heterocycles. The molecule has 150 valence electrons. The van der Waals surface area contributed by atoms with Gasteiger partial charge in [0.15, 0.2) is 0 Å². The normalized spacial score (nSPS) is 15.5. The number of carbonyl (C=O) groups excluding carboxylic acids is 1. The highest BCUT2D eigenvalue weighted by Gasteiger charge is 2.27. The molecule has 0 spiro atoms. The van der Waals surface area contributed by atoms with Gasteiger partial charge in [-0.1, -0.05) is 23.7 Å². The van der Waals surface area contributed by atoms with E-state index in [0.29, 0.717) is 31.0 Å². The summed E-state index contributed by atoms with van der Waals surface area (Å²) in [5.41, 5.74) is 2.89. The van der Waals surface area contributed by atoms with Gasteiger partial charge in [0, 0.05) is 29.8 Å². The van der Waals surface area contributed by atoms with Crippen molar-refractivity contribution in [1.82, 2.24) is 9.62 Å². The number of likely N-dealkylation sites (tertiary alicyclic amines) is 1. The maximum atomic E-state index is 12.5. The number of hydrogen-bond donors (Lipinski definition) is 2. The Kier molecular flexibility index (Phi) is 6.27. The molecule has 1 aliphatic rings. The molecule has 1 saturated heterocycles. The van der Waals surface area contributed by atoms with Crippen LogP contribution < -0.4 is 10.0 Å². The van der Waals surface area contributed by atoms with E-state index in [4.69, 9.17) is 11.6 Å². The number of urea groups is 1. The Hall–Kier alpha value is -2.09. The van der Waals surface area contributed by atoms with E-state index >= 15 is 0 Å². The third-order valence-corrected chi connectivity index (χ3v) is 6.65. The summed E-state index contributed by atoms with van der Waals surface area (Å²) in [7, 11) is -3.60. The number of piperidine rings is 1. The maximum absolute atomic E-state index is 12.5. The van der Waals surface area contributed by atoms with Crippen molar-refractivity contribution in [1.29, 1.82) is 0 Å². The number of anilines is 1. The van der Waals surface area contributed by atoms with E-state index in [0.717, 1.165) is 16.8 Å². The van der Waals surface area contributed by atoms with Crippen molar-refractivity contribution in [2.24, 2.45) is 0 Å². The molecule has 0 bridgehead atoms. The molecule has 8 heteroatoms. The van der Waals surface area contributed by atoms with Crippen LogP contribution >= 0.6 is 11.6 Å². The van der Waals surface area contributed by atoms with Crippen LogP contribution in [0.25, 0.3) is 0 Å². The van der Waals surface area contributed by atoms with Gasteiger partial charge in [0.25, 0.3) is 0 Å². The summed E-state index contributed by atoms with van der Waals surface area (Å²) in [5.74, 6) is 0. The molecule has 2 amide bonds. The van der Waals surface area contributed by atoms with Gasteiger partial charge >= 0.3 is 6.03 Å². The monoisotopic (exact) mass is 421 g/mol. The van der Waals surface area contributed by atoms with Crippen molar-refractivity contribution in [2.75, 3.05) is 18.4 Å². The Balaban J connectivity index is 1.56. The van der Waals surface area contributed by atoms with Gasteiger partial charge in [0.1, 0.15) is 0 Å². The van der Waals surface area contributed by atoms with Crippen LogP contribution in [-0.2, 0) is 10.0 Å². The number of nitrogens with zero attached hydrogens (tertiary/aromatic N) is 1. The third-order valence-electron chi connectivity index (χ3n) is 4.86. The zero-order chi connectivity index (χ0) is 20.3. The Bertz CT molecular complexity index is 953. The minimum atomic E-state index is -3.60. The summed E-state index contributed by atoms with van der Waals surface area (Å²) in [5, 5.41) is 3.44. The van der Waals surface area contributed by atoms with Crippen LogP contribution in [0.2, 0.25) is 5.02 Å². The smallest absolute Gasteiger partial charge is 0.321 e. The van der Waals surface area contributed by atoms with Crippen molar-refractivity contribution >= 4 is 33.3 Å². The molecule has 3 rings (SSSR count). The number of amides is 2. The average molecular weight is 422 g/mol. The minimum Gasteiger partial charge on any atom is -0.324 e. The fourth-order valence-electron chi connectivity index (χ4n) is 3.17. The maximum Gasteiger partial charge on any atom is 0.321 e. The fraction of sp³-hybridized carbons (Fsp3) is 0.350. The molecule has 2 N–H and O–H groups in total. The van der Waals surface area contributed by atoms with Crippen molar-refractivity contribution in [3.63, 3.8) is 0 Å². The van der Waals surface area contributed by atoms with Gasteiger partial charge in [-0.2, -0.15) is 0 Å². The number of rotatable bonds is 4. The van der Waals surface area contributed by atoms with E-state index in [1.807, 2.05) is 32.0 Å². The summed E-state index contributed by atoms with van der Waals surface area (Å²) in [4.78, 5) is 14.4. The van der Waals surface area contributed by atoms with Crippen LogP contribution in [0.15, 0.2) is 47.4 Å². The Labute approximate surface area is 170 Å². The van der Waals surface area contributed by atoms with Gasteiger partial charge in [-0.25, -0.2) is 17.9 Å². The van der Waals surface area contributed by atoms with Crippen molar-refractivity contribution < 1.29 is 13.2 Å². The SMILES string of the molecule is Cc1ccc(C)c(NC(=O)N2CCC(NS(=O)(=O)c3ccc(Cl)cc3)CC2)c1. The van der Waals surface area contributed by atoms with Gasteiger partial charge in [0.05, 0.1) is 4.90 Å². The lowest BCUT2D eigenvalue weighted by atomic mass is 10.1. The number of nitrogens with one attached hydrogen (secondary N) is 2. The first-order valence-electron chi connectivity index (χ1n) is 9.16. The number of hydrogen-bond acceptors (Lipinski definition) is 3. The second-order valence-corrected chi connectivity index (χ2v) is 9.24. The quantitative estimate of drug-likeness (QED) is 0.784. The van der Waals surface area contributed by atoms with Crippen molar-refractivity contribution in [3.05, 3.63) is 58.6 Å². The second-order valence-electron chi connectivity index (χ2n) is 7.09. The summed E-state index contributed by atoms with van der Waals surface area (Å²) in [6.07, 6.45) is 1.13. The van der Waals surface area contributed by atoms with Gasteiger partial charge < -0.3 is 10.2 Å². The van der Waals surface area contributed by atoms with E-state index in [1.165, 1.54) is 12.1 Å². The lowest BCUT2D eigenvalue weighted by Crippen LogP contribution is -2.47. The summed E-state index contributed by atoms with van der Waals surface area (Å²) in [6, 6.07) is 11.6. The van der Waals surface area contributed by atoms with E-state index in [9.17, 15) is 13.2 Å². The molecule has 28 heavy (non-hydrogen) atoms. The van der Waals surface area contributed by atoms with Gasteiger partial charge in [-0.3, -0.25) is 0 Å². The fourth-order valence-corrected chi connectivity index (χ4v) is 4.60. The predicted octanol–water partition coefficient (Wildman–Crippen LogP) is 3.93. The van der Waals surface area contributed by atoms with Gasteiger partial charge in [-0.05, 0) is 68.1 Å². The molecule has 2 aromatic rings. The number of carbonyl (C=O) groups is 1. The molecular weight excluding hydrogens is 398 g/mol. The molecule has 1 fully saturated rings. The number of halogens is 1. The predicted molar refractivity (Wildman–Crippen MR) is 111 cm³/mol. The Morgan fingerprint density at radius 2 is 1.71 bits per heavy atom. The van der Waals surface area contributed by atoms with Crippen molar-refractivity contribution in [3.8, 4) is 0 Å². The molecule has 0 radical (unpaired) electrons. The number of benzene rings is 2. The molecule has 0 saturated carbocycles. The van der Waals surface area contributed by atoms with Crippen LogP contribution in [0.3, 0.4) is 0 Å². The zero-order valence-electron chi connectivity index (χ0n) is 15.9. The Morgan fingerprint density at radius 3 is 2.36 bits per heavy atom. The van der Waals surface area contributed by atoms with Crippen LogP contribution in [0, 0.1) is 13.8 Å². The largest absolute Gasteiger partial charge is 0.324 e. The summed E-state index contributed by atoms with van der Waals surface area (Å²) < 4.78 is 27.7. The molecule has 0 aromatic heterocycles. The first-order valence-corrected chi connectivity index (χ1v) is 11.0. The molecule has 1 heterocycles. The van der Waals surface area contributed by atoms with Crippen molar-refractivity contribution in [2.45, 2.75) is 37.6 Å². The zero-order valence-corrected chi connectivity index (χ0v) is 17.5. The minimum absolute atomic E-state index is 0.160. The van der Waals surface area contributed by atoms with Crippen LogP contribution in [-0.4, -0.2) is 38.5 Å². The Morgan fingerprint density at radius 1 is 1.07 bits per heavy atom. The summed E-state index contributed by atoms with van der Waals surface area (Å²) in [6.45, 7) is 4.91. The first-order chi connectivity index (χ1) is 13.2. The molecule has 6 nitrogen and oxygen atoms in total. The van der Waals surface area contributed by atoms with Crippen LogP contribution in [0.5, 0.6) is 0 Å². The first kappa shape index (κ1) is 20.6. The molecule has 0 aliphatic carbocycles. The second kappa shape index (κ2) is 8.51. The molecular formula is C20H24ClN3O3S. The van der Waals surface area contributed by atoms with E-state index < -0.39 is 10.0 Å². The van der Waals surface area contributed by atoms with Gasteiger partial charge in [0.2, 0.25) is 10.0 Å². The number of sulfonamides is 1. The highest BCUT2D eigenvalue weighted by molar-refractivity contribution is 7.89. The van der Waals surface area contributed by atoms with E-state index in [-0.39, 0.29) is 17.0 Å². The molecule has 2 aromatic carbocycles. The van der Waals surface area contributed by atoms with Crippen LogP contribution in [0.4, 0.5) is 10.5 Å². The molecule has 0 unspecified atom stereocenters. The lowest BCUT2D eigenvalue weighted by Gasteiger charge is -2.32. The highest BCUT2D eigenvalue weighted by atomic mass is 35.5. The standard InChI is InChI=1S/C20H24ClN3O3S/c1-14-3-4-15(2)19(13-14)22-20(25)24-11-9-17(10-12-24)23-28(26,27)18-7-5-16(21)6-8-18/h3-8,13,17,23H,9-12H2,1-2H3,(H,22,25). The highest BCUT2D eigenvalue weighted by Crippen LogP contribution is 2.20. The topological polar surface area (TPSA) is 78.5 Å².